The molecule has 3 fully saturated rings. The molecule has 8 unspecified atom stereocenters. The molecule has 0 aromatic rings. The molecule has 0 aromatic carbocycles. The third-order valence-electron chi connectivity index (χ3n) is 9.67. The average molecular weight is 647 g/mol. The molecule has 244 valence electrons. The minimum atomic E-state index is -4.72. The summed E-state index contributed by atoms with van der Waals surface area (Å²) in [5.41, 5.74) is 1.83. The van der Waals surface area contributed by atoms with Crippen LogP contribution >= 0.6 is 0 Å². The number of hydrogen-bond acceptors (Lipinski definition) is 10. The first-order chi connectivity index (χ1) is 20.3. The van der Waals surface area contributed by atoms with Crippen LogP contribution in [-0.2, 0) is 29.8 Å². The lowest BCUT2D eigenvalue weighted by molar-refractivity contribution is -0.137. The van der Waals surface area contributed by atoms with Gasteiger partial charge < -0.3 is 15.0 Å². The molecule has 1 amide bonds. The van der Waals surface area contributed by atoms with E-state index in [1.54, 1.807) is 18.9 Å². The number of carbonyl (C=O) groups excluding carboxylic acids is 1. The molecule has 0 aromatic heterocycles. The van der Waals surface area contributed by atoms with E-state index in [0.29, 0.717) is 70.2 Å². The van der Waals surface area contributed by atoms with Crippen molar-refractivity contribution in [2.75, 3.05) is 33.2 Å². The molecule has 1 heterocycles. The molecular weight excluding hydrogens is 600 g/mol. The maximum Gasteiger partial charge on any atom is 0.276 e. The highest BCUT2D eigenvalue weighted by Crippen LogP contribution is 2.52. The van der Waals surface area contributed by atoms with Gasteiger partial charge in [-0.1, -0.05) is 30.5 Å². The predicted octanol–water partition coefficient (Wildman–Crippen LogP) is 2.63. The lowest BCUT2D eigenvalue weighted by Gasteiger charge is -2.52. The van der Waals surface area contributed by atoms with Gasteiger partial charge in [0.15, 0.2) is 5.25 Å². The Kier molecular flexibility index (Phi) is 11.2. The molecule has 4 aliphatic rings. The van der Waals surface area contributed by atoms with Crippen LogP contribution < -0.4 is 5.32 Å². The normalized spacial score (nSPS) is 34.4. The Bertz CT molecular complexity index is 1320. The van der Waals surface area contributed by atoms with Crippen molar-refractivity contribution in [2.24, 2.45) is 27.9 Å². The summed E-state index contributed by atoms with van der Waals surface area (Å²) in [6, 6.07) is -0.623. The van der Waals surface area contributed by atoms with Crippen LogP contribution in [0, 0.1) is 22.7 Å². The zero-order chi connectivity index (χ0) is 31.5. The molecule has 43 heavy (non-hydrogen) atoms. The van der Waals surface area contributed by atoms with Gasteiger partial charge in [0.1, 0.15) is 11.4 Å². The summed E-state index contributed by atoms with van der Waals surface area (Å²) in [5.74, 6) is -1.24. The fourth-order valence-corrected chi connectivity index (χ4v) is 10.4. The Morgan fingerprint density at radius 1 is 1.02 bits per heavy atom. The van der Waals surface area contributed by atoms with E-state index in [0.717, 1.165) is 18.4 Å². The lowest BCUT2D eigenvalue weighted by atomic mass is 9.63. The Hall–Kier alpha value is -1.78. The first-order valence-electron chi connectivity index (χ1n) is 15.5. The van der Waals surface area contributed by atoms with Crippen molar-refractivity contribution in [2.45, 2.75) is 100 Å². The van der Waals surface area contributed by atoms with Gasteiger partial charge in [0.25, 0.3) is 20.2 Å². The number of aliphatic imine (C=N–C) groups is 1. The van der Waals surface area contributed by atoms with E-state index in [-0.39, 0.29) is 24.1 Å². The summed E-state index contributed by atoms with van der Waals surface area (Å²) < 4.78 is 79.1. The summed E-state index contributed by atoms with van der Waals surface area (Å²) in [6.45, 7) is 4.83. The Morgan fingerprint density at radius 3 is 2.37 bits per heavy atom. The molecule has 0 bridgehead atoms. The summed E-state index contributed by atoms with van der Waals surface area (Å²) >= 11 is 0. The number of amides is 1. The fraction of sp³-hybridized carbons (Fsp3) is 0.857. The standard InChI is InChI=1S/C28H46N4O9S2/c1-4-29-21-13-11-19-23(17-9-6-7-10-18(17)28(33)32(3)16-8-15-31-34)20-12-14-22(30-5-2)27(43(38,39)40)25(20)41-24(19)26(21)42(35,36)37/h17-19,21,24-27,29H,4-16H2,1-3H3,(H,35,36,37)(H,38,39,40)/b30-22+. The van der Waals surface area contributed by atoms with Crippen LogP contribution in [0.5, 0.6) is 0 Å². The molecular formula is C28H46N4O9S2. The summed E-state index contributed by atoms with van der Waals surface area (Å²) in [6.07, 6.45) is 2.81. The van der Waals surface area contributed by atoms with E-state index in [1.807, 2.05) is 6.92 Å². The fourth-order valence-electron chi connectivity index (χ4n) is 8.06. The van der Waals surface area contributed by atoms with Crippen LogP contribution in [0.1, 0.15) is 71.6 Å². The van der Waals surface area contributed by atoms with Gasteiger partial charge in [0, 0.05) is 43.7 Å². The topological polar surface area (TPSA) is 192 Å². The third kappa shape index (κ3) is 7.22. The summed E-state index contributed by atoms with van der Waals surface area (Å²) in [4.78, 5) is 30.4. The number of fused-ring (bicyclic) bond motifs is 2. The van der Waals surface area contributed by atoms with Crippen LogP contribution in [0.15, 0.2) is 21.3 Å². The first-order valence-corrected chi connectivity index (χ1v) is 18.5. The Morgan fingerprint density at radius 2 is 1.74 bits per heavy atom. The number of nitrogens with zero attached hydrogens (tertiary/aromatic N) is 3. The molecule has 15 heteroatoms. The maximum absolute atomic E-state index is 13.8. The highest BCUT2D eigenvalue weighted by Gasteiger charge is 2.57. The summed E-state index contributed by atoms with van der Waals surface area (Å²) in [5, 5.41) is 3.17. The molecule has 13 nitrogen and oxygen atoms in total. The van der Waals surface area contributed by atoms with Crippen molar-refractivity contribution >= 4 is 31.9 Å². The van der Waals surface area contributed by atoms with Crippen molar-refractivity contribution in [1.29, 1.82) is 0 Å². The van der Waals surface area contributed by atoms with Gasteiger partial charge in [-0.2, -0.15) is 21.7 Å². The average Bonchev–Trinajstić information content (AvgIpc) is 2.94. The van der Waals surface area contributed by atoms with Crippen LogP contribution in [-0.4, -0.2) is 104 Å². The SMILES string of the molecule is CC/N=C1\CCC2=C(C3CCCCC3C(=O)N(C)CCCN=O)C3CCC(NCC)C(S(=O)(=O)O)C3OC2C1S(=O)(=O)O. The second-order valence-corrected chi connectivity index (χ2v) is 15.3. The van der Waals surface area contributed by atoms with Crippen molar-refractivity contribution in [3.8, 4) is 0 Å². The lowest BCUT2D eigenvalue weighted by Crippen LogP contribution is -2.62. The molecule has 4 rings (SSSR count). The monoisotopic (exact) mass is 646 g/mol. The summed E-state index contributed by atoms with van der Waals surface area (Å²) in [7, 11) is -7.67. The maximum atomic E-state index is 13.8. The molecule has 1 aliphatic heterocycles. The number of nitrogens with one attached hydrogen (secondary N) is 1. The van der Waals surface area contributed by atoms with Crippen LogP contribution in [0.2, 0.25) is 0 Å². The van der Waals surface area contributed by atoms with E-state index in [2.05, 4.69) is 15.5 Å². The second kappa shape index (κ2) is 14.1. The zero-order valence-electron chi connectivity index (χ0n) is 25.2. The quantitative estimate of drug-likeness (QED) is 0.130. The Balaban J connectivity index is 1.87. The van der Waals surface area contributed by atoms with Gasteiger partial charge >= 0.3 is 0 Å². The molecule has 0 saturated heterocycles. The molecule has 0 radical (unpaired) electrons. The second-order valence-electron chi connectivity index (χ2n) is 12.2. The van der Waals surface area contributed by atoms with Crippen LogP contribution in [0.25, 0.3) is 0 Å². The van der Waals surface area contributed by atoms with E-state index >= 15 is 0 Å². The molecule has 3 saturated carbocycles. The van der Waals surface area contributed by atoms with Gasteiger partial charge in [0.05, 0.1) is 12.6 Å². The van der Waals surface area contributed by atoms with E-state index in [9.17, 15) is 35.6 Å². The van der Waals surface area contributed by atoms with Gasteiger partial charge in [-0.15, -0.1) is 0 Å². The first kappa shape index (κ1) is 34.1. The van der Waals surface area contributed by atoms with Gasteiger partial charge in [-0.25, -0.2) is 0 Å². The minimum Gasteiger partial charge on any atom is -0.367 e. The predicted molar refractivity (Wildman–Crippen MR) is 162 cm³/mol. The smallest absolute Gasteiger partial charge is 0.276 e. The van der Waals surface area contributed by atoms with Crippen molar-refractivity contribution in [3.05, 3.63) is 16.1 Å². The number of hydrogen-bond donors (Lipinski definition) is 3. The number of ether oxygens (including phenoxy) is 1. The van der Waals surface area contributed by atoms with Gasteiger partial charge in [-0.3, -0.25) is 18.9 Å². The Labute approximate surface area is 254 Å². The number of carbonyl (C=O) groups is 1. The van der Waals surface area contributed by atoms with Crippen LogP contribution in [0.4, 0.5) is 0 Å². The van der Waals surface area contributed by atoms with Gasteiger partial charge in [-0.05, 0) is 69.9 Å². The molecule has 3 aliphatic carbocycles. The van der Waals surface area contributed by atoms with Crippen molar-refractivity contribution in [3.63, 3.8) is 0 Å². The molecule has 8 atom stereocenters. The molecule has 0 spiro atoms. The number of nitroso groups, excluding NO2 is 1. The van der Waals surface area contributed by atoms with E-state index < -0.39 is 60.8 Å². The largest absolute Gasteiger partial charge is 0.367 e. The van der Waals surface area contributed by atoms with Crippen molar-refractivity contribution in [1.82, 2.24) is 10.2 Å². The van der Waals surface area contributed by atoms with E-state index in [4.69, 9.17) is 4.74 Å². The highest BCUT2D eigenvalue weighted by atomic mass is 32.2. The van der Waals surface area contributed by atoms with Gasteiger partial charge in [0.2, 0.25) is 5.91 Å². The number of rotatable bonds is 11. The molecule has 3 N–H and O–H groups in total. The third-order valence-corrected chi connectivity index (χ3v) is 12.1. The van der Waals surface area contributed by atoms with E-state index in [1.165, 1.54) is 0 Å². The van der Waals surface area contributed by atoms with Crippen molar-refractivity contribution < 1.29 is 35.5 Å². The highest BCUT2D eigenvalue weighted by molar-refractivity contribution is 7.87. The van der Waals surface area contributed by atoms with Crippen LogP contribution in [0.3, 0.4) is 0 Å². The minimum absolute atomic E-state index is 0.0775. The zero-order valence-corrected chi connectivity index (χ0v) is 26.9.